The quantitative estimate of drug-likeness (QED) is 0.272. The van der Waals surface area contributed by atoms with Crippen LogP contribution in [-0.2, 0) is 4.79 Å². The van der Waals surface area contributed by atoms with Crippen molar-refractivity contribution in [3.05, 3.63) is 108 Å². The first-order chi connectivity index (χ1) is 18.8. The topological polar surface area (TPSA) is 55.2 Å². The number of carbonyl (C=O) groups excluding carboxylic acids is 1. The van der Waals surface area contributed by atoms with Crippen LogP contribution < -0.4 is 5.56 Å². The van der Waals surface area contributed by atoms with Gasteiger partial charge in [-0.15, -0.1) is 0 Å². The molecule has 5 nitrogen and oxygen atoms in total. The zero-order valence-corrected chi connectivity index (χ0v) is 22.9. The fraction of sp³-hybridized carbons (Fsp3) is 0.324. The first kappa shape index (κ1) is 26.6. The van der Waals surface area contributed by atoms with Crippen molar-refractivity contribution in [1.29, 1.82) is 0 Å². The Morgan fingerprint density at radius 1 is 1.00 bits per heavy atom. The fourth-order valence-corrected chi connectivity index (χ4v) is 6.02. The minimum Gasteiger partial charge on any atom is -0.331 e. The number of aromatic nitrogens is 2. The van der Waals surface area contributed by atoms with E-state index in [0.717, 1.165) is 33.3 Å². The van der Waals surface area contributed by atoms with E-state index in [1.807, 2.05) is 30.5 Å². The van der Waals surface area contributed by atoms with Gasteiger partial charge in [0.05, 0.1) is 11.0 Å². The summed E-state index contributed by atoms with van der Waals surface area (Å²) in [4.78, 5) is 32.3. The minimum absolute atomic E-state index is 0.132. The number of hydrogen-bond donors (Lipinski definition) is 0. The van der Waals surface area contributed by atoms with Gasteiger partial charge in [0, 0.05) is 41.8 Å². The van der Waals surface area contributed by atoms with Gasteiger partial charge in [-0.1, -0.05) is 64.5 Å². The molecular formula is C34H37N3O2. The number of fused-ring (bicyclic) bond motifs is 3. The maximum absolute atomic E-state index is 13.5. The summed E-state index contributed by atoms with van der Waals surface area (Å²) >= 11 is 0. The predicted molar refractivity (Wildman–Crippen MR) is 162 cm³/mol. The Balaban J connectivity index is 1.66. The summed E-state index contributed by atoms with van der Waals surface area (Å²) in [6.45, 7) is 15.0. The Morgan fingerprint density at radius 3 is 2.49 bits per heavy atom. The number of hydrogen-bond acceptors (Lipinski definition) is 3. The molecule has 39 heavy (non-hydrogen) atoms. The molecule has 0 unspecified atom stereocenters. The van der Waals surface area contributed by atoms with Gasteiger partial charge in [-0.05, 0) is 77.8 Å². The van der Waals surface area contributed by atoms with E-state index in [0.29, 0.717) is 30.3 Å². The number of benzene rings is 1. The van der Waals surface area contributed by atoms with Crippen LogP contribution in [0.1, 0.15) is 56.9 Å². The van der Waals surface area contributed by atoms with E-state index in [1.165, 1.54) is 50.2 Å². The smallest absolute Gasteiger partial charge is 0.255 e. The van der Waals surface area contributed by atoms with Crippen LogP contribution in [0.25, 0.3) is 27.5 Å². The van der Waals surface area contributed by atoms with Crippen LogP contribution in [0.4, 0.5) is 0 Å². The Labute approximate surface area is 230 Å². The van der Waals surface area contributed by atoms with E-state index >= 15 is 0 Å². The second-order valence-electron chi connectivity index (χ2n) is 11.1. The molecular weight excluding hydrogens is 482 g/mol. The van der Waals surface area contributed by atoms with Gasteiger partial charge in [0.25, 0.3) is 5.56 Å². The van der Waals surface area contributed by atoms with Gasteiger partial charge in [-0.25, -0.2) is 0 Å². The van der Waals surface area contributed by atoms with E-state index < -0.39 is 0 Å². The first-order valence-corrected chi connectivity index (χ1v) is 14.0. The first-order valence-electron chi connectivity index (χ1n) is 14.0. The highest BCUT2D eigenvalue weighted by Gasteiger charge is 2.19. The van der Waals surface area contributed by atoms with Crippen LogP contribution in [0.3, 0.4) is 0 Å². The third-order valence-corrected chi connectivity index (χ3v) is 8.09. The third kappa shape index (κ3) is 5.73. The van der Waals surface area contributed by atoms with Crippen molar-refractivity contribution in [3.8, 4) is 0 Å². The van der Waals surface area contributed by atoms with Gasteiger partial charge < -0.3 is 4.90 Å². The molecule has 2 aliphatic rings. The second kappa shape index (κ2) is 11.4. The maximum atomic E-state index is 13.5. The number of nitrogens with zero attached hydrogens (tertiary/aromatic N) is 3. The van der Waals surface area contributed by atoms with E-state index in [4.69, 9.17) is 4.98 Å². The predicted octanol–water partition coefficient (Wildman–Crippen LogP) is 7.16. The summed E-state index contributed by atoms with van der Waals surface area (Å²) in [6, 6.07) is 10.0. The lowest BCUT2D eigenvalue weighted by molar-refractivity contribution is -0.125. The SMILES string of the molecule is C=CC(=O)N1CC(=C)/C=C\C(n2c(=O)ccc3cnc4ccc(C5CCCC(C)CCC5)cc4c32)=C/C(=C)C1. The lowest BCUT2D eigenvalue weighted by atomic mass is 9.82. The van der Waals surface area contributed by atoms with Crippen LogP contribution in [0, 0.1) is 5.92 Å². The molecule has 2 aromatic heterocycles. The molecule has 0 N–H and O–H groups in total. The lowest BCUT2D eigenvalue weighted by Gasteiger charge is -2.23. The summed E-state index contributed by atoms with van der Waals surface area (Å²) < 4.78 is 1.75. The molecule has 1 aromatic carbocycles. The monoisotopic (exact) mass is 519 g/mol. The molecule has 200 valence electrons. The number of pyridine rings is 2. The summed E-state index contributed by atoms with van der Waals surface area (Å²) in [5.74, 6) is 1.15. The largest absolute Gasteiger partial charge is 0.331 e. The molecule has 5 heteroatoms. The Kier molecular flexibility index (Phi) is 7.78. The maximum Gasteiger partial charge on any atom is 0.255 e. The number of allylic oxidation sites excluding steroid dienone is 2. The Morgan fingerprint density at radius 2 is 1.74 bits per heavy atom. The Bertz CT molecular complexity index is 1580. The van der Waals surface area contributed by atoms with Crippen LogP contribution in [-0.4, -0.2) is 33.4 Å². The number of carbonyl (C=O) groups is 1. The average molecular weight is 520 g/mol. The van der Waals surface area contributed by atoms with Crippen molar-refractivity contribution in [2.75, 3.05) is 13.1 Å². The molecule has 0 saturated heterocycles. The van der Waals surface area contributed by atoms with Gasteiger partial charge >= 0.3 is 0 Å². The van der Waals surface area contributed by atoms with Gasteiger partial charge in [0.2, 0.25) is 5.91 Å². The van der Waals surface area contributed by atoms with Crippen LogP contribution >= 0.6 is 0 Å². The van der Waals surface area contributed by atoms with Gasteiger partial charge in [-0.2, -0.15) is 0 Å². The van der Waals surface area contributed by atoms with Crippen LogP contribution in [0.2, 0.25) is 0 Å². The van der Waals surface area contributed by atoms with Gasteiger partial charge in [0.15, 0.2) is 0 Å². The molecule has 1 aliphatic carbocycles. The normalized spacial score (nSPS) is 23.2. The molecule has 0 spiro atoms. The standard InChI is InChI=1S/C34H37N3O2/c1-5-32(38)36-21-24(3)12-15-29(18-25(4)22-36)37-33(39)17-14-28-20-35-31-16-13-27(19-30(31)34(28)37)26-10-6-8-23(2)9-7-11-26/h5,12-20,23,26H,1,3-4,6-11,21-22H2,2H3/b15-12-,29-18+. The van der Waals surface area contributed by atoms with Crippen molar-refractivity contribution >= 4 is 33.4 Å². The van der Waals surface area contributed by atoms with Crippen LogP contribution in [0.5, 0.6) is 0 Å². The molecule has 0 atom stereocenters. The van der Waals surface area contributed by atoms with Crippen molar-refractivity contribution in [1.82, 2.24) is 14.5 Å². The molecule has 1 saturated carbocycles. The van der Waals surface area contributed by atoms with Crippen LogP contribution in [0.15, 0.2) is 96.5 Å². The van der Waals surface area contributed by atoms with Crippen molar-refractivity contribution in [2.45, 2.75) is 51.4 Å². The zero-order chi connectivity index (χ0) is 27.5. The molecule has 1 aliphatic heterocycles. The second-order valence-corrected chi connectivity index (χ2v) is 11.1. The summed E-state index contributed by atoms with van der Waals surface area (Å²) in [5.41, 5.74) is 5.04. The summed E-state index contributed by atoms with van der Waals surface area (Å²) in [5, 5.41) is 1.87. The van der Waals surface area contributed by atoms with Crippen molar-refractivity contribution in [3.63, 3.8) is 0 Å². The van der Waals surface area contributed by atoms with Crippen molar-refractivity contribution < 1.29 is 4.79 Å². The molecule has 1 fully saturated rings. The zero-order valence-electron chi connectivity index (χ0n) is 22.9. The molecule has 5 rings (SSSR count). The molecule has 0 bridgehead atoms. The number of rotatable bonds is 3. The highest BCUT2D eigenvalue weighted by Crippen LogP contribution is 2.35. The summed E-state index contributed by atoms with van der Waals surface area (Å²) in [6.07, 6.45) is 16.2. The van der Waals surface area contributed by atoms with Gasteiger partial charge in [-0.3, -0.25) is 19.1 Å². The van der Waals surface area contributed by atoms with E-state index in [-0.39, 0.29) is 11.5 Å². The third-order valence-electron chi connectivity index (χ3n) is 8.09. The molecule has 3 heterocycles. The number of amides is 1. The summed E-state index contributed by atoms with van der Waals surface area (Å²) in [7, 11) is 0. The highest BCUT2D eigenvalue weighted by atomic mass is 16.2. The highest BCUT2D eigenvalue weighted by molar-refractivity contribution is 6.05. The molecule has 3 aromatic rings. The van der Waals surface area contributed by atoms with Crippen molar-refractivity contribution in [2.24, 2.45) is 5.92 Å². The van der Waals surface area contributed by atoms with E-state index in [1.54, 1.807) is 15.5 Å². The lowest BCUT2D eigenvalue weighted by Crippen LogP contribution is -2.32. The molecule has 1 amide bonds. The van der Waals surface area contributed by atoms with E-state index in [9.17, 15) is 9.59 Å². The van der Waals surface area contributed by atoms with Gasteiger partial charge in [0.1, 0.15) is 0 Å². The minimum atomic E-state index is -0.182. The van der Waals surface area contributed by atoms with E-state index in [2.05, 4.69) is 44.9 Å². The Hall–Kier alpha value is -3.99. The average Bonchev–Trinajstić information content (AvgIpc) is 2.98. The molecule has 0 radical (unpaired) electrons. The fourth-order valence-electron chi connectivity index (χ4n) is 6.02.